The summed E-state index contributed by atoms with van der Waals surface area (Å²) in [4.78, 5) is 45.0. The van der Waals surface area contributed by atoms with E-state index in [1.807, 2.05) is 56.0 Å². The van der Waals surface area contributed by atoms with Crippen LogP contribution in [0.25, 0.3) is 0 Å². The Balaban J connectivity index is 1.59. The number of amides is 3. The van der Waals surface area contributed by atoms with E-state index in [-0.39, 0.29) is 25.4 Å². The third-order valence-corrected chi connectivity index (χ3v) is 12.7. The smallest absolute Gasteiger partial charge is 0.244 e. The summed E-state index contributed by atoms with van der Waals surface area (Å²) in [5, 5.41) is 20.8. The lowest BCUT2D eigenvalue weighted by Gasteiger charge is -2.47. The van der Waals surface area contributed by atoms with Gasteiger partial charge < -0.3 is 21.1 Å². The maximum atomic E-state index is 14.1. The summed E-state index contributed by atoms with van der Waals surface area (Å²) in [7, 11) is -3.80. The molecule has 0 unspecified atom stereocenters. The Morgan fingerprint density at radius 1 is 0.938 bits per heavy atom. The van der Waals surface area contributed by atoms with Gasteiger partial charge in [0, 0.05) is 24.9 Å². The van der Waals surface area contributed by atoms with Crippen LogP contribution >= 0.6 is 0 Å². The van der Waals surface area contributed by atoms with Crippen molar-refractivity contribution >= 4 is 27.6 Å². The van der Waals surface area contributed by atoms with Gasteiger partial charge in [0.05, 0.1) is 29.5 Å². The minimum absolute atomic E-state index is 0.0574. The summed E-state index contributed by atoms with van der Waals surface area (Å²) < 4.78 is 24.3. The lowest BCUT2D eigenvalue weighted by atomic mass is 9.72. The van der Waals surface area contributed by atoms with E-state index in [9.17, 15) is 27.9 Å². The van der Waals surface area contributed by atoms with Crippen molar-refractivity contribution < 1.29 is 27.9 Å². The monoisotopic (exact) mass is 689 g/mol. The van der Waals surface area contributed by atoms with E-state index in [0.29, 0.717) is 18.4 Å². The maximum Gasteiger partial charge on any atom is 0.244 e. The molecule has 0 bridgehead atoms. The van der Waals surface area contributed by atoms with Gasteiger partial charge >= 0.3 is 0 Å². The average molecular weight is 690 g/mol. The Morgan fingerprint density at radius 3 is 2.17 bits per heavy atom. The number of benzene rings is 1. The van der Waals surface area contributed by atoms with Crippen molar-refractivity contribution in [3.05, 3.63) is 35.9 Å². The van der Waals surface area contributed by atoms with E-state index in [1.165, 1.54) is 20.3 Å². The molecule has 6 atom stereocenters. The van der Waals surface area contributed by atoms with Crippen LogP contribution in [0.5, 0.6) is 0 Å². The second-order valence-corrected chi connectivity index (χ2v) is 18.6. The topological polar surface area (TPSA) is 148 Å². The van der Waals surface area contributed by atoms with Crippen LogP contribution in [0.1, 0.15) is 85.1 Å². The van der Waals surface area contributed by atoms with E-state index < -0.39 is 56.2 Å². The summed E-state index contributed by atoms with van der Waals surface area (Å²) in [5.74, 6) is -0.244. The highest BCUT2D eigenvalue weighted by atomic mass is 32.2. The predicted molar refractivity (Wildman–Crippen MR) is 188 cm³/mol. The highest BCUT2D eigenvalue weighted by Gasteiger charge is 2.46. The molecule has 48 heavy (non-hydrogen) atoms. The normalized spacial score (nSPS) is 24.6. The Bertz CT molecular complexity index is 1360. The number of nitrogens with one attached hydrogen (secondary N) is 3. The summed E-state index contributed by atoms with van der Waals surface area (Å²) in [6.07, 6.45) is 7.48. The van der Waals surface area contributed by atoms with E-state index in [4.69, 9.17) is 0 Å². The number of hydrogen-bond donors (Lipinski definition) is 4. The third kappa shape index (κ3) is 10.2. The van der Waals surface area contributed by atoms with Crippen LogP contribution in [0.3, 0.4) is 0 Å². The quantitative estimate of drug-likeness (QED) is 0.247. The van der Waals surface area contributed by atoms with Crippen LogP contribution in [0, 0.1) is 11.8 Å². The van der Waals surface area contributed by atoms with Crippen LogP contribution in [-0.4, -0.2) is 115 Å². The Hall–Kier alpha value is -2.54. The van der Waals surface area contributed by atoms with Gasteiger partial charge in [0.1, 0.15) is 6.04 Å². The van der Waals surface area contributed by atoms with Gasteiger partial charge in [0.2, 0.25) is 17.7 Å². The number of nitrogens with zero attached hydrogens (tertiary/aromatic N) is 2. The summed E-state index contributed by atoms with van der Waals surface area (Å²) >= 11 is 0. The molecule has 3 fully saturated rings. The zero-order valence-electron chi connectivity index (χ0n) is 29.8. The number of hydrogen-bond acceptors (Lipinski definition) is 8. The number of likely N-dealkylation sites (tertiary alicyclic amines) is 2. The second kappa shape index (κ2) is 16.0. The Kier molecular flexibility index (Phi) is 12.8. The molecule has 1 saturated carbocycles. The number of carbonyl (C=O) groups excluding carboxylic acids is 3. The predicted octanol–water partition coefficient (Wildman–Crippen LogP) is 2.27. The molecule has 270 valence electrons. The second-order valence-electron chi connectivity index (χ2n) is 16.0. The number of aliphatic hydroxyl groups is 1. The van der Waals surface area contributed by atoms with Gasteiger partial charge in [0.15, 0.2) is 9.84 Å². The van der Waals surface area contributed by atoms with Crippen molar-refractivity contribution in [2.24, 2.45) is 11.8 Å². The fourth-order valence-corrected chi connectivity index (χ4v) is 8.13. The number of fused-ring (bicyclic) bond motifs is 1. The van der Waals surface area contributed by atoms with Gasteiger partial charge in [-0.2, -0.15) is 0 Å². The van der Waals surface area contributed by atoms with E-state index in [1.54, 1.807) is 0 Å². The first-order valence-corrected chi connectivity index (χ1v) is 19.6. The lowest BCUT2D eigenvalue weighted by molar-refractivity contribution is -0.133. The molecular weight excluding hydrogens is 630 g/mol. The largest absolute Gasteiger partial charge is 0.390 e. The van der Waals surface area contributed by atoms with Crippen molar-refractivity contribution in [1.82, 2.24) is 25.8 Å². The molecule has 0 aromatic heterocycles. The molecular formula is C36H59N5O6S. The molecule has 1 aliphatic carbocycles. The molecule has 11 nitrogen and oxygen atoms in total. The molecule has 0 spiro atoms. The number of aliphatic hydroxyl groups excluding tert-OH is 1. The van der Waals surface area contributed by atoms with Gasteiger partial charge in [-0.3, -0.25) is 24.2 Å². The number of carbonyl (C=O) groups is 3. The van der Waals surface area contributed by atoms with Crippen LogP contribution in [-0.2, 0) is 30.6 Å². The number of β-amino-alcohol motifs (C(OH)–C–C–N with tert-alkyl or cyclic N) is 1. The molecule has 2 saturated heterocycles. The summed E-state index contributed by atoms with van der Waals surface area (Å²) in [6.45, 7) is 11.2. The zero-order chi connectivity index (χ0) is 35.3. The average Bonchev–Trinajstić information content (AvgIpc) is 3.51. The van der Waals surface area contributed by atoms with Crippen LogP contribution in [0.15, 0.2) is 30.3 Å². The number of sulfone groups is 1. The third-order valence-electron chi connectivity index (χ3n) is 10.6. The van der Waals surface area contributed by atoms with E-state index in [0.717, 1.165) is 63.4 Å². The van der Waals surface area contributed by atoms with Crippen LogP contribution in [0.4, 0.5) is 0 Å². The van der Waals surface area contributed by atoms with Crippen molar-refractivity contribution in [2.45, 2.75) is 121 Å². The fourth-order valence-electron chi connectivity index (χ4n) is 7.53. The highest BCUT2D eigenvalue weighted by Crippen LogP contribution is 2.39. The number of rotatable bonds is 13. The van der Waals surface area contributed by atoms with Crippen LogP contribution in [0.2, 0.25) is 0 Å². The van der Waals surface area contributed by atoms with E-state index in [2.05, 4.69) is 20.9 Å². The molecule has 1 aromatic carbocycles. The van der Waals surface area contributed by atoms with Gasteiger partial charge in [-0.25, -0.2) is 8.42 Å². The molecule has 4 N–H and O–H groups in total. The Labute approximate surface area is 287 Å². The Morgan fingerprint density at radius 2 is 1.56 bits per heavy atom. The van der Waals surface area contributed by atoms with Crippen LogP contribution < -0.4 is 16.0 Å². The van der Waals surface area contributed by atoms with Gasteiger partial charge in [-0.15, -0.1) is 0 Å². The van der Waals surface area contributed by atoms with Crippen molar-refractivity contribution in [3.8, 4) is 0 Å². The highest BCUT2D eigenvalue weighted by molar-refractivity contribution is 7.92. The number of piperidine rings is 1. The molecule has 2 aliphatic heterocycles. The molecule has 0 radical (unpaired) electrons. The molecule has 12 heteroatoms. The minimum Gasteiger partial charge on any atom is -0.390 e. The summed E-state index contributed by atoms with van der Waals surface area (Å²) in [6, 6.07) is 6.86. The van der Waals surface area contributed by atoms with Gasteiger partial charge in [-0.05, 0) is 97.2 Å². The SMILES string of the molecule is CC(C)(C)NC(=O)[C@@H]1C[C@@H]2CCCC[C@@H]2CN1C[C@@H](O)[C@H](Cc1ccccc1)NC(=O)[C@@H](NC(=O)CN1CCCC1)C(C)(C)S(C)(=O)=O. The van der Waals surface area contributed by atoms with Crippen molar-refractivity contribution in [1.29, 1.82) is 0 Å². The summed E-state index contributed by atoms with van der Waals surface area (Å²) in [5.41, 5.74) is 0.474. The molecule has 4 rings (SSSR count). The first kappa shape index (κ1) is 38.3. The van der Waals surface area contributed by atoms with Gasteiger partial charge in [0.25, 0.3) is 0 Å². The van der Waals surface area contributed by atoms with E-state index >= 15 is 0 Å². The standard InChI is InChI=1S/C36H59N5O6S/c1-35(2,3)39-33(44)29-21-26-16-10-11-17-27(26)22-41(29)23-30(42)28(20-25-14-8-7-9-15-25)37-34(45)32(36(4,5)48(6,46)47)38-31(43)24-40-18-12-13-19-40/h7-9,14-15,26-30,32,42H,10-13,16-24H2,1-6H3,(H,37,45)(H,38,43)(H,39,44)/t26-,27+,28-,29-,30+,32+/m0/s1. The zero-order valence-corrected chi connectivity index (χ0v) is 30.7. The molecule has 3 amide bonds. The first-order valence-electron chi connectivity index (χ1n) is 17.7. The minimum atomic E-state index is -3.80. The van der Waals surface area contributed by atoms with Gasteiger partial charge in [-0.1, -0.05) is 49.6 Å². The maximum absolute atomic E-state index is 14.1. The fraction of sp³-hybridized carbons (Fsp3) is 0.750. The molecule has 1 aromatic rings. The van der Waals surface area contributed by atoms with Crippen molar-refractivity contribution in [3.63, 3.8) is 0 Å². The van der Waals surface area contributed by atoms with Crippen molar-refractivity contribution in [2.75, 3.05) is 39.0 Å². The lowest BCUT2D eigenvalue weighted by Crippen LogP contribution is -2.64. The molecule has 3 aliphatic rings. The first-order chi connectivity index (χ1) is 22.4. The molecule has 2 heterocycles.